The molecule has 2 aromatic carbocycles. The van der Waals surface area contributed by atoms with Crippen molar-refractivity contribution in [2.45, 2.75) is 6.18 Å². The Bertz CT molecular complexity index is 1080. The second-order valence-electron chi connectivity index (χ2n) is 5.73. The molecule has 0 saturated carbocycles. The molecule has 2 N–H and O–H groups in total. The molecule has 0 fully saturated rings. The Morgan fingerprint density at radius 3 is 2.23 bits per heavy atom. The van der Waals surface area contributed by atoms with Crippen LogP contribution in [0, 0.1) is 0 Å². The topological polar surface area (TPSA) is 53.6 Å². The molecular weight excluding hydrogens is 365 g/mol. The second kappa shape index (κ2) is 5.81. The first-order valence-electron chi connectivity index (χ1n) is 7.53. The summed E-state index contributed by atoms with van der Waals surface area (Å²) in [5.74, 6) is -0.204. The zero-order chi connectivity index (χ0) is 18.5. The highest BCUT2D eigenvalue weighted by atomic mass is 32.1. The number of phenolic OH excluding ortho intramolecular Hbond substituents is 2. The summed E-state index contributed by atoms with van der Waals surface area (Å²) in [6.07, 6.45) is -4.67. The first kappa shape index (κ1) is 16.5. The maximum atomic E-state index is 13.4. The summed E-state index contributed by atoms with van der Waals surface area (Å²) in [6, 6.07) is 9.70. The predicted octanol–water partition coefficient (Wildman–Crippen LogP) is 6.26. The molecule has 0 bridgehead atoms. The van der Waals surface area contributed by atoms with Gasteiger partial charge in [0.15, 0.2) is 0 Å². The van der Waals surface area contributed by atoms with Crippen molar-refractivity contribution in [1.29, 1.82) is 0 Å². The number of alkyl halides is 3. The number of benzene rings is 2. The number of hydrogen-bond donors (Lipinski definition) is 2. The minimum atomic E-state index is -4.67. The molecule has 0 radical (unpaired) electrons. The highest BCUT2D eigenvalue weighted by Gasteiger charge is 2.36. The van der Waals surface area contributed by atoms with Crippen molar-refractivity contribution in [3.63, 3.8) is 0 Å². The van der Waals surface area contributed by atoms with Crippen molar-refractivity contribution in [3.05, 3.63) is 58.8 Å². The average Bonchev–Trinajstić information content (AvgIpc) is 3.20. The Morgan fingerprint density at radius 2 is 1.62 bits per heavy atom. The van der Waals surface area contributed by atoms with Crippen LogP contribution in [0.4, 0.5) is 13.2 Å². The summed E-state index contributed by atoms with van der Waals surface area (Å²) >= 11 is 1.40. The third kappa shape index (κ3) is 2.70. The molecule has 26 heavy (non-hydrogen) atoms. The second-order valence-corrected chi connectivity index (χ2v) is 6.51. The molecule has 0 unspecified atom stereocenters. The Kier molecular flexibility index (Phi) is 3.69. The van der Waals surface area contributed by atoms with Gasteiger partial charge in [-0.25, -0.2) is 0 Å². The maximum absolute atomic E-state index is 13.4. The summed E-state index contributed by atoms with van der Waals surface area (Å²) in [6.45, 7) is 0. The van der Waals surface area contributed by atoms with Crippen molar-refractivity contribution in [2.24, 2.45) is 0 Å². The van der Waals surface area contributed by atoms with E-state index in [0.29, 0.717) is 22.8 Å². The van der Waals surface area contributed by atoms with Crippen LogP contribution in [0.1, 0.15) is 5.56 Å². The van der Waals surface area contributed by atoms with Gasteiger partial charge in [0.2, 0.25) is 0 Å². The molecule has 0 aliphatic rings. The standard InChI is InChI=1S/C19H11F3O3S/c20-19(21,22)15-8-13(24)7-14-16(11-5-6-26-9-11)17(25-18(14)15)10-1-3-12(23)4-2-10/h1-9,23-24H. The van der Waals surface area contributed by atoms with Crippen LogP contribution in [-0.4, -0.2) is 10.2 Å². The lowest BCUT2D eigenvalue weighted by Gasteiger charge is -2.07. The van der Waals surface area contributed by atoms with Crippen molar-refractivity contribution >= 4 is 22.3 Å². The van der Waals surface area contributed by atoms with Crippen LogP contribution < -0.4 is 0 Å². The van der Waals surface area contributed by atoms with Gasteiger partial charge in [-0.1, -0.05) is 0 Å². The molecule has 0 saturated heterocycles. The van der Waals surface area contributed by atoms with Gasteiger partial charge in [0.25, 0.3) is 0 Å². The number of rotatable bonds is 2. The highest BCUT2D eigenvalue weighted by molar-refractivity contribution is 7.08. The van der Waals surface area contributed by atoms with Gasteiger partial charge in [-0.15, -0.1) is 0 Å². The van der Waals surface area contributed by atoms with E-state index in [-0.39, 0.29) is 22.5 Å². The smallest absolute Gasteiger partial charge is 0.420 e. The lowest BCUT2D eigenvalue weighted by Crippen LogP contribution is -2.04. The average molecular weight is 376 g/mol. The van der Waals surface area contributed by atoms with Crippen molar-refractivity contribution < 1.29 is 27.8 Å². The Balaban J connectivity index is 2.11. The van der Waals surface area contributed by atoms with Crippen LogP contribution in [0.15, 0.2) is 57.6 Å². The van der Waals surface area contributed by atoms with Crippen LogP contribution in [0.3, 0.4) is 0 Å². The van der Waals surface area contributed by atoms with E-state index in [0.717, 1.165) is 0 Å². The molecule has 2 aromatic heterocycles. The molecule has 132 valence electrons. The Hall–Kier alpha value is -2.93. The number of furan rings is 1. The highest BCUT2D eigenvalue weighted by Crippen LogP contribution is 2.47. The minimum Gasteiger partial charge on any atom is -0.508 e. The van der Waals surface area contributed by atoms with Crippen LogP contribution in [0.2, 0.25) is 0 Å². The lowest BCUT2D eigenvalue weighted by atomic mass is 9.99. The molecule has 4 rings (SSSR count). The van der Waals surface area contributed by atoms with E-state index in [4.69, 9.17) is 4.42 Å². The molecule has 0 amide bonds. The Morgan fingerprint density at radius 1 is 0.885 bits per heavy atom. The van der Waals surface area contributed by atoms with Gasteiger partial charge in [0, 0.05) is 16.5 Å². The zero-order valence-corrected chi connectivity index (χ0v) is 13.9. The first-order valence-corrected chi connectivity index (χ1v) is 8.47. The van der Waals surface area contributed by atoms with Crippen LogP contribution in [0.5, 0.6) is 11.5 Å². The number of thiophene rings is 1. The monoisotopic (exact) mass is 376 g/mol. The molecule has 4 aromatic rings. The number of aromatic hydroxyl groups is 2. The van der Waals surface area contributed by atoms with E-state index < -0.39 is 17.5 Å². The lowest BCUT2D eigenvalue weighted by molar-refractivity contribution is -0.136. The molecule has 7 heteroatoms. The summed E-state index contributed by atoms with van der Waals surface area (Å²) in [7, 11) is 0. The van der Waals surface area contributed by atoms with Gasteiger partial charge in [-0.3, -0.25) is 0 Å². The van der Waals surface area contributed by atoms with Gasteiger partial charge in [-0.2, -0.15) is 24.5 Å². The summed E-state index contributed by atoms with van der Waals surface area (Å²) < 4.78 is 46.0. The van der Waals surface area contributed by atoms with E-state index in [1.54, 1.807) is 23.6 Å². The largest absolute Gasteiger partial charge is 0.508 e. The van der Waals surface area contributed by atoms with Gasteiger partial charge < -0.3 is 14.6 Å². The first-order chi connectivity index (χ1) is 12.3. The Labute approximate surface area is 149 Å². The molecular formula is C19H11F3O3S. The van der Waals surface area contributed by atoms with Gasteiger partial charge in [-0.05, 0) is 58.8 Å². The molecule has 0 aliphatic carbocycles. The van der Waals surface area contributed by atoms with E-state index >= 15 is 0 Å². The normalized spacial score (nSPS) is 12.0. The van der Waals surface area contributed by atoms with E-state index in [1.807, 2.05) is 5.38 Å². The minimum absolute atomic E-state index is 0.0376. The summed E-state index contributed by atoms with van der Waals surface area (Å²) in [5.41, 5.74) is 0.310. The van der Waals surface area contributed by atoms with Crippen molar-refractivity contribution in [1.82, 2.24) is 0 Å². The maximum Gasteiger partial charge on any atom is 0.420 e. The molecule has 0 atom stereocenters. The fourth-order valence-corrected chi connectivity index (χ4v) is 3.55. The molecule has 0 aliphatic heterocycles. The van der Waals surface area contributed by atoms with Crippen LogP contribution >= 0.6 is 11.3 Å². The zero-order valence-electron chi connectivity index (χ0n) is 13.0. The molecule has 3 nitrogen and oxygen atoms in total. The van der Waals surface area contributed by atoms with Crippen LogP contribution in [0.25, 0.3) is 33.4 Å². The predicted molar refractivity (Wildman–Crippen MR) is 93.3 cm³/mol. The SMILES string of the molecule is Oc1ccc(-c2oc3c(C(F)(F)F)cc(O)cc3c2-c2ccsc2)cc1. The molecule has 0 spiro atoms. The van der Waals surface area contributed by atoms with Crippen molar-refractivity contribution in [3.8, 4) is 33.9 Å². The number of fused-ring (bicyclic) bond motifs is 1. The fourth-order valence-electron chi connectivity index (χ4n) is 2.90. The number of phenols is 2. The van der Waals surface area contributed by atoms with Gasteiger partial charge in [0.1, 0.15) is 28.4 Å². The third-order valence-corrected chi connectivity index (χ3v) is 4.70. The van der Waals surface area contributed by atoms with Gasteiger partial charge in [0.05, 0.1) is 0 Å². The number of hydrogen-bond acceptors (Lipinski definition) is 4. The quantitative estimate of drug-likeness (QED) is 0.434. The van der Waals surface area contributed by atoms with E-state index in [9.17, 15) is 23.4 Å². The van der Waals surface area contributed by atoms with E-state index in [2.05, 4.69) is 0 Å². The number of halogens is 3. The van der Waals surface area contributed by atoms with E-state index in [1.165, 1.54) is 29.5 Å². The fraction of sp³-hybridized carbons (Fsp3) is 0.0526. The van der Waals surface area contributed by atoms with Crippen LogP contribution in [-0.2, 0) is 6.18 Å². The van der Waals surface area contributed by atoms with Gasteiger partial charge >= 0.3 is 6.18 Å². The molecule has 2 heterocycles. The van der Waals surface area contributed by atoms with Crippen molar-refractivity contribution in [2.75, 3.05) is 0 Å². The third-order valence-electron chi connectivity index (χ3n) is 4.02. The summed E-state index contributed by atoms with van der Waals surface area (Å²) in [5, 5.41) is 23.1. The summed E-state index contributed by atoms with van der Waals surface area (Å²) in [4.78, 5) is 0.